The van der Waals surface area contributed by atoms with Crippen molar-refractivity contribution < 1.29 is 0 Å². The minimum Gasteiger partial charge on any atom is -0.303 e. The fourth-order valence-electron chi connectivity index (χ4n) is 3.22. The molecule has 0 spiro atoms. The predicted molar refractivity (Wildman–Crippen MR) is 84.3 cm³/mol. The van der Waals surface area contributed by atoms with E-state index >= 15 is 0 Å². The van der Waals surface area contributed by atoms with Gasteiger partial charge in [0.25, 0.3) is 0 Å². The Balaban J connectivity index is 1.51. The summed E-state index contributed by atoms with van der Waals surface area (Å²) in [6.07, 6.45) is 5.31. The van der Waals surface area contributed by atoms with Crippen molar-refractivity contribution in [3.8, 4) is 0 Å². The molecule has 2 heterocycles. The SMILES string of the molecule is CC(CCN1CCCC(c2ncn[nH]2)C1)c1ccccc1. The van der Waals surface area contributed by atoms with Gasteiger partial charge >= 0.3 is 0 Å². The largest absolute Gasteiger partial charge is 0.303 e. The molecular formula is C17H24N4. The van der Waals surface area contributed by atoms with Crippen LogP contribution in [0.4, 0.5) is 0 Å². The van der Waals surface area contributed by atoms with Gasteiger partial charge in [0.2, 0.25) is 0 Å². The van der Waals surface area contributed by atoms with E-state index in [1.807, 2.05) is 0 Å². The number of hydrogen-bond donors (Lipinski definition) is 1. The second-order valence-corrected chi connectivity index (χ2v) is 6.11. The summed E-state index contributed by atoms with van der Waals surface area (Å²) in [6, 6.07) is 10.8. The van der Waals surface area contributed by atoms with Gasteiger partial charge in [0, 0.05) is 12.5 Å². The third-order valence-corrected chi connectivity index (χ3v) is 4.57. The highest BCUT2D eigenvalue weighted by atomic mass is 15.2. The molecule has 2 aromatic rings. The first-order valence-corrected chi connectivity index (χ1v) is 7.95. The van der Waals surface area contributed by atoms with E-state index in [1.54, 1.807) is 6.33 Å². The van der Waals surface area contributed by atoms with E-state index < -0.39 is 0 Å². The number of hydrogen-bond acceptors (Lipinski definition) is 3. The Hall–Kier alpha value is -1.68. The molecule has 112 valence electrons. The maximum Gasteiger partial charge on any atom is 0.137 e. The van der Waals surface area contributed by atoms with Crippen LogP contribution in [0.25, 0.3) is 0 Å². The average molecular weight is 284 g/mol. The van der Waals surface area contributed by atoms with Crippen LogP contribution in [0, 0.1) is 0 Å². The summed E-state index contributed by atoms with van der Waals surface area (Å²) in [5.41, 5.74) is 1.45. The molecule has 0 saturated carbocycles. The zero-order chi connectivity index (χ0) is 14.5. The summed E-state index contributed by atoms with van der Waals surface area (Å²) in [4.78, 5) is 6.90. The highest BCUT2D eigenvalue weighted by Gasteiger charge is 2.23. The van der Waals surface area contributed by atoms with Gasteiger partial charge in [-0.25, -0.2) is 4.98 Å². The summed E-state index contributed by atoms with van der Waals surface area (Å²) < 4.78 is 0. The summed E-state index contributed by atoms with van der Waals surface area (Å²) in [5, 5.41) is 7.01. The second kappa shape index (κ2) is 6.85. The molecule has 1 N–H and O–H groups in total. The number of H-pyrrole nitrogens is 1. The molecule has 1 aromatic heterocycles. The van der Waals surface area contributed by atoms with E-state index in [-0.39, 0.29) is 0 Å². The number of likely N-dealkylation sites (tertiary alicyclic amines) is 1. The van der Waals surface area contributed by atoms with E-state index in [9.17, 15) is 0 Å². The normalized spacial score (nSPS) is 21.3. The third kappa shape index (κ3) is 3.70. The lowest BCUT2D eigenvalue weighted by Crippen LogP contribution is -2.35. The topological polar surface area (TPSA) is 44.8 Å². The molecule has 4 heteroatoms. The Morgan fingerprint density at radius 1 is 1.33 bits per heavy atom. The highest BCUT2D eigenvalue weighted by Crippen LogP contribution is 2.25. The minimum absolute atomic E-state index is 0.522. The zero-order valence-electron chi connectivity index (χ0n) is 12.7. The van der Waals surface area contributed by atoms with Crippen molar-refractivity contribution in [3.63, 3.8) is 0 Å². The molecule has 1 aliphatic rings. The first-order chi connectivity index (χ1) is 10.3. The quantitative estimate of drug-likeness (QED) is 0.917. The predicted octanol–water partition coefficient (Wildman–Crippen LogP) is 3.18. The Labute approximate surface area is 126 Å². The van der Waals surface area contributed by atoms with Crippen molar-refractivity contribution >= 4 is 0 Å². The van der Waals surface area contributed by atoms with Crippen molar-refractivity contribution in [2.75, 3.05) is 19.6 Å². The molecule has 1 saturated heterocycles. The van der Waals surface area contributed by atoms with Gasteiger partial charge in [0.15, 0.2) is 0 Å². The Morgan fingerprint density at radius 2 is 2.19 bits per heavy atom. The lowest BCUT2D eigenvalue weighted by Gasteiger charge is -2.32. The van der Waals surface area contributed by atoms with Crippen LogP contribution in [-0.2, 0) is 0 Å². The second-order valence-electron chi connectivity index (χ2n) is 6.11. The number of nitrogens with zero attached hydrogens (tertiary/aromatic N) is 3. The highest BCUT2D eigenvalue weighted by molar-refractivity contribution is 5.18. The van der Waals surface area contributed by atoms with Gasteiger partial charge in [-0.1, -0.05) is 37.3 Å². The first-order valence-electron chi connectivity index (χ1n) is 7.95. The molecule has 21 heavy (non-hydrogen) atoms. The fourth-order valence-corrected chi connectivity index (χ4v) is 3.22. The van der Waals surface area contributed by atoms with Gasteiger partial charge in [-0.15, -0.1) is 0 Å². The van der Waals surface area contributed by atoms with Crippen LogP contribution in [0.1, 0.15) is 49.4 Å². The minimum atomic E-state index is 0.522. The van der Waals surface area contributed by atoms with Gasteiger partial charge in [-0.2, -0.15) is 5.10 Å². The number of aromatic nitrogens is 3. The maximum absolute atomic E-state index is 4.32. The Kier molecular flexibility index (Phi) is 4.65. The monoisotopic (exact) mass is 284 g/mol. The van der Waals surface area contributed by atoms with Gasteiger partial charge in [0.05, 0.1) is 0 Å². The molecule has 4 nitrogen and oxygen atoms in total. The Bertz CT molecular complexity index is 523. The average Bonchev–Trinajstić information content (AvgIpc) is 3.08. The van der Waals surface area contributed by atoms with Crippen molar-refractivity contribution in [2.24, 2.45) is 0 Å². The van der Waals surface area contributed by atoms with Crippen LogP contribution in [0.15, 0.2) is 36.7 Å². The molecular weight excluding hydrogens is 260 g/mol. The third-order valence-electron chi connectivity index (χ3n) is 4.57. The van der Waals surface area contributed by atoms with E-state index in [4.69, 9.17) is 0 Å². The summed E-state index contributed by atoms with van der Waals surface area (Å²) in [7, 11) is 0. The van der Waals surface area contributed by atoms with Crippen molar-refractivity contribution in [2.45, 2.75) is 38.0 Å². The van der Waals surface area contributed by atoms with E-state index in [0.29, 0.717) is 11.8 Å². The molecule has 2 unspecified atom stereocenters. The van der Waals surface area contributed by atoms with Crippen LogP contribution < -0.4 is 0 Å². The van der Waals surface area contributed by atoms with Gasteiger partial charge in [-0.05, 0) is 43.8 Å². The van der Waals surface area contributed by atoms with Crippen molar-refractivity contribution in [1.82, 2.24) is 20.1 Å². The van der Waals surface area contributed by atoms with Crippen molar-refractivity contribution in [1.29, 1.82) is 0 Å². The van der Waals surface area contributed by atoms with Crippen LogP contribution in [0.3, 0.4) is 0 Å². The van der Waals surface area contributed by atoms with E-state index in [1.165, 1.54) is 37.9 Å². The van der Waals surface area contributed by atoms with Gasteiger partial charge in [-0.3, -0.25) is 5.10 Å². The Morgan fingerprint density at radius 3 is 2.95 bits per heavy atom. The number of piperidine rings is 1. The number of benzene rings is 1. The molecule has 0 radical (unpaired) electrons. The number of rotatable bonds is 5. The van der Waals surface area contributed by atoms with Crippen molar-refractivity contribution in [3.05, 3.63) is 48.0 Å². The molecule has 0 bridgehead atoms. The molecule has 2 atom stereocenters. The van der Waals surface area contributed by atoms with Gasteiger partial charge in [0.1, 0.15) is 12.2 Å². The summed E-state index contributed by atoms with van der Waals surface area (Å²) in [6.45, 7) is 5.82. The lowest BCUT2D eigenvalue weighted by molar-refractivity contribution is 0.199. The summed E-state index contributed by atoms with van der Waals surface area (Å²) >= 11 is 0. The molecule has 1 aromatic carbocycles. The fraction of sp³-hybridized carbons (Fsp3) is 0.529. The van der Waals surface area contributed by atoms with Crippen LogP contribution in [0.5, 0.6) is 0 Å². The molecule has 3 rings (SSSR count). The standard InChI is InChI=1S/C17H24N4/c1-14(15-6-3-2-4-7-15)9-11-21-10-5-8-16(12-21)17-18-13-19-20-17/h2-4,6-7,13-14,16H,5,8-12H2,1H3,(H,18,19,20). The van der Waals surface area contributed by atoms with Crippen LogP contribution >= 0.6 is 0 Å². The molecule has 0 amide bonds. The number of nitrogens with one attached hydrogen (secondary N) is 1. The first kappa shape index (κ1) is 14.3. The zero-order valence-corrected chi connectivity index (χ0v) is 12.7. The smallest absolute Gasteiger partial charge is 0.137 e. The number of aromatic amines is 1. The maximum atomic E-state index is 4.32. The summed E-state index contributed by atoms with van der Waals surface area (Å²) in [5.74, 6) is 2.20. The molecule has 1 fully saturated rings. The van der Waals surface area contributed by atoms with Crippen LogP contribution in [0.2, 0.25) is 0 Å². The van der Waals surface area contributed by atoms with Gasteiger partial charge < -0.3 is 4.90 Å². The van der Waals surface area contributed by atoms with E-state index in [2.05, 4.69) is 57.3 Å². The van der Waals surface area contributed by atoms with Crippen LogP contribution in [-0.4, -0.2) is 39.7 Å². The molecule has 1 aliphatic heterocycles. The van der Waals surface area contributed by atoms with E-state index in [0.717, 1.165) is 12.4 Å². The molecule has 0 aliphatic carbocycles. The lowest BCUT2D eigenvalue weighted by atomic mass is 9.95.